The number of ether oxygens (including phenoxy) is 1. The van der Waals surface area contributed by atoms with Gasteiger partial charge < -0.3 is 10.5 Å². The standard InChI is InChI=1S/C18H22FNO/c1-3-21-18-9-8-14(10-13(18)2)16(12-20)11-15-6-4-5-7-17(15)19/h4-10,16H,3,11-12,20H2,1-2H3. The first-order valence-corrected chi connectivity index (χ1v) is 7.32. The highest BCUT2D eigenvalue weighted by atomic mass is 19.1. The Hall–Kier alpha value is -1.87. The second-order valence-electron chi connectivity index (χ2n) is 5.19. The zero-order valence-corrected chi connectivity index (χ0v) is 12.6. The molecule has 2 N–H and O–H groups in total. The highest BCUT2D eigenvalue weighted by molar-refractivity contribution is 5.38. The zero-order chi connectivity index (χ0) is 15.2. The molecule has 3 heteroatoms. The van der Waals surface area contributed by atoms with Crippen LogP contribution in [0.4, 0.5) is 4.39 Å². The van der Waals surface area contributed by atoms with Crippen LogP contribution in [-0.4, -0.2) is 13.2 Å². The van der Waals surface area contributed by atoms with Crippen LogP contribution in [0, 0.1) is 12.7 Å². The number of hydrogen-bond acceptors (Lipinski definition) is 2. The van der Waals surface area contributed by atoms with Gasteiger partial charge in [-0.25, -0.2) is 4.39 Å². The summed E-state index contributed by atoms with van der Waals surface area (Å²) in [5.74, 6) is 0.831. The number of halogens is 1. The lowest BCUT2D eigenvalue weighted by Crippen LogP contribution is -2.16. The molecule has 2 aromatic carbocycles. The quantitative estimate of drug-likeness (QED) is 0.876. The van der Waals surface area contributed by atoms with E-state index in [1.54, 1.807) is 6.07 Å². The summed E-state index contributed by atoms with van der Waals surface area (Å²) >= 11 is 0. The molecule has 0 aliphatic heterocycles. The van der Waals surface area contributed by atoms with Gasteiger partial charge in [0.2, 0.25) is 0 Å². The van der Waals surface area contributed by atoms with Crippen LogP contribution in [0.15, 0.2) is 42.5 Å². The highest BCUT2D eigenvalue weighted by Crippen LogP contribution is 2.26. The maximum Gasteiger partial charge on any atom is 0.126 e. The second kappa shape index (κ2) is 7.23. The summed E-state index contributed by atoms with van der Waals surface area (Å²) in [5, 5.41) is 0. The van der Waals surface area contributed by atoms with Crippen molar-refractivity contribution in [3.05, 3.63) is 65.0 Å². The van der Waals surface area contributed by atoms with Crippen LogP contribution in [0.25, 0.3) is 0 Å². The lowest BCUT2D eigenvalue weighted by molar-refractivity contribution is 0.337. The van der Waals surface area contributed by atoms with Crippen molar-refractivity contribution in [1.82, 2.24) is 0 Å². The third-order valence-corrected chi connectivity index (χ3v) is 3.68. The minimum absolute atomic E-state index is 0.108. The van der Waals surface area contributed by atoms with Gasteiger partial charge in [0.25, 0.3) is 0 Å². The Balaban J connectivity index is 2.21. The summed E-state index contributed by atoms with van der Waals surface area (Å²) in [5.41, 5.74) is 8.81. The van der Waals surface area contributed by atoms with E-state index in [-0.39, 0.29) is 11.7 Å². The summed E-state index contributed by atoms with van der Waals surface area (Å²) in [7, 11) is 0. The van der Waals surface area contributed by atoms with E-state index in [9.17, 15) is 4.39 Å². The Morgan fingerprint density at radius 3 is 2.57 bits per heavy atom. The first-order chi connectivity index (χ1) is 10.2. The van der Waals surface area contributed by atoms with Gasteiger partial charge in [-0.3, -0.25) is 0 Å². The fourth-order valence-electron chi connectivity index (χ4n) is 2.51. The van der Waals surface area contributed by atoms with Crippen LogP contribution in [0.3, 0.4) is 0 Å². The molecular formula is C18H22FNO. The zero-order valence-electron chi connectivity index (χ0n) is 12.6. The van der Waals surface area contributed by atoms with Gasteiger partial charge in [0.1, 0.15) is 11.6 Å². The molecule has 0 bridgehead atoms. The average Bonchev–Trinajstić information content (AvgIpc) is 2.49. The van der Waals surface area contributed by atoms with E-state index in [0.717, 1.165) is 16.9 Å². The van der Waals surface area contributed by atoms with Gasteiger partial charge in [0, 0.05) is 5.92 Å². The molecule has 0 amide bonds. The van der Waals surface area contributed by atoms with Crippen molar-refractivity contribution in [2.75, 3.05) is 13.2 Å². The van der Waals surface area contributed by atoms with E-state index in [1.165, 1.54) is 6.07 Å². The van der Waals surface area contributed by atoms with Gasteiger partial charge in [0.05, 0.1) is 6.61 Å². The van der Waals surface area contributed by atoms with Gasteiger partial charge >= 0.3 is 0 Å². The topological polar surface area (TPSA) is 35.2 Å². The maximum atomic E-state index is 13.8. The van der Waals surface area contributed by atoms with Gasteiger partial charge in [-0.2, -0.15) is 0 Å². The molecule has 2 aromatic rings. The molecule has 1 unspecified atom stereocenters. The van der Waals surface area contributed by atoms with Crippen LogP contribution in [-0.2, 0) is 6.42 Å². The highest BCUT2D eigenvalue weighted by Gasteiger charge is 2.14. The minimum atomic E-state index is -0.168. The third-order valence-electron chi connectivity index (χ3n) is 3.68. The smallest absolute Gasteiger partial charge is 0.126 e. The Labute approximate surface area is 125 Å². The molecule has 0 heterocycles. The second-order valence-corrected chi connectivity index (χ2v) is 5.19. The lowest BCUT2D eigenvalue weighted by Gasteiger charge is -2.17. The summed E-state index contributed by atoms with van der Waals surface area (Å²) in [6, 6.07) is 13.0. The van der Waals surface area contributed by atoms with E-state index in [4.69, 9.17) is 10.5 Å². The normalized spacial score (nSPS) is 12.2. The fraction of sp³-hybridized carbons (Fsp3) is 0.333. The average molecular weight is 287 g/mol. The van der Waals surface area contributed by atoms with Gasteiger partial charge in [-0.15, -0.1) is 0 Å². The molecule has 0 aliphatic carbocycles. The van der Waals surface area contributed by atoms with Crippen molar-refractivity contribution in [3.8, 4) is 5.75 Å². The molecule has 0 spiro atoms. The van der Waals surface area contributed by atoms with Crippen molar-refractivity contribution >= 4 is 0 Å². The van der Waals surface area contributed by atoms with Gasteiger partial charge in [0.15, 0.2) is 0 Å². The van der Waals surface area contributed by atoms with Crippen molar-refractivity contribution in [2.24, 2.45) is 5.73 Å². The Morgan fingerprint density at radius 2 is 1.95 bits per heavy atom. The largest absolute Gasteiger partial charge is 0.494 e. The maximum absolute atomic E-state index is 13.8. The number of hydrogen-bond donors (Lipinski definition) is 1. The van der Waals surface area contributed by atoms with Crippen LogP contribution in [0.2, 0.25) is 0 Å². The molecule has 0 aromatic heterocycles. The number of nitrogens with two attached hydrogens (primary N) is 1. The van der Waals surface area contributed by atoms with E-state index in [2.05, 4.69) is 6.07 Å². The summed E-state index contributed by atoms with van der Waals surface area (Å²) in [6.07, 6.45) is 0.608. The Kier molecular flexibility index (Phi) is 5.34. The van der Waals surface area contributed by atoms with Crippen LogP contribution < -0.4 is 10.5 Å². The van der Waals surface area contributed by atoms with Crippen molar-refractivity contribution < 1.29 is 9.13 Å². The van der Waals surface area contributed by atoms with Gasteiger partial charge in [-0.1, -0.05) is 30.3 Å². The molecule has 0 aliphatic rings. The molecule has 0 fully saturated rings. The van der Waals surface area contributed by atoms with Crippen LogP contribution in [0.1, 0.15) is 29.5 Å². The number of benzene rings is 2. The molecular weight excluding hydrogens is 265 g/mol. The van der Waals surface area contributed by atoms with E-state index >= 15 is 0 Å². The molecule has 21 heavy (non-hydrogen) atoms. The molecule has 0 saturated carbocycles. The summed E-state index contributed by atoms with van der Waals surface area (Å²) in [4.78, 5) is 0. The van der Waals surface area contributed by atoms with Crippen LogP contribution >= 0.6 is 0 Å². The van der Waals surface area contributed by atoms with E-state index < -0.39 is 0 Å². The van der Waals surface area contributed by atoms with E-state index in [0.29, 0.717) is 25.1 Å². The van der Waals surface area contributed by atoms with Crippen molar-refractivity contribution in [2.45, 2.75) is 26.2 Å². The minimum Gasteiger partial charge on any atom is -0.494 e. The SMILES string of the molecule is CCOc1ccc(C(CN)Cc2ccccc2F)cc1C. The first-order valence-electron chi connectivity index (χ1n) is 7.32. The lowest BCUT2D eigenvalue weighted by atomic mass is 9.91. The Bertz CT molecular complexity index is 598. The summed E-state index contributed by atoms with van der Waals surface area (Å²) in [6.45, 7) is 5.12. The first kappa shape index (κ1) is 15.5. The third kappa shape index (κ3) is 3.82. The van der Waals surface area contributed by atoms with Gasteiger partial charge in [-0.05, 0) is 55.6 Å². The predicted octanol–water partition coefficient (Wildman–Crippen LogP) is 3.82. The molecule has 1 atom stereocenters. The Morgan fingerprint density at radius 1 is 1.19 bits per heavy atom. The van der Waals surface area contributed by atoms with Crippen LogP contribution in [0.5, 0.6) is 5.75 Å². The molecule has 0 saturated heterocycles. The van der Waals surface area contributed by atoms with Crippen molar-refractivity contribution in [3.63, 3.8) is 0 Å². The predicted molar refractivity (Wildman–Crippen MR) is 84.2 cm³/mol. The molecule has 112 valence electrons. The molecule has 0 radical (unpaired) electrons. The fourth-order valence-corrected chi connectivity index (χ4v) is 2.51. The number of aryl methyl sites for hydroxylation is 1. The molecule has 2 rings (SSSR count). The molecule has 2 nitrogen and oxygen atoms in total. The van der Waals surface area contributed by atoms with Crippen molar-refractivity contribution in [1.29, 1.82) is 0 Å². The monoisotopic (exact) mass is 287 g/mol. The summed E-state index contributed by atoms with van der Waals surface area (Å²) < 4.78 is 19.3. The number of rotatable bonds is 6. The van der Waals surface area contributed by atoms with E-state index in [1.807, 2.05) is 38.1 Å².